The minimum atomic E-state index is -4.34. The number of hydrogen-bond acceptors (Lipinski definition) is 3. The van der Waals surface area contributed by atoms with E-state index in [4.69, 9.17) is 5.84 Å². The van der Waals surface area contributed by atoms with Crippen LogP contribution in [0.1, 0.15) is 28.4 Å². The number of benzene rings is 1. The molecule has 0 amide bonds. The molecule has 2 aromatic rings. The predicted octanol–water partition coefficient (Wildman–Crippen LogP) is 2.49. The summed E-state index contributed by atoms with van der Waals surface area (Å²) in [6.45, 7) is 1.89. The molecule has 0 fully saturated rings. The van der Waals surface area contributed by atoms with Crippen LogP contribution in [0.4, 0.5) is 13.2 Å². The van der Waals surface area contributed by atoms with Crippen LogP contribution in [-0.4, -0.2) is 9.78 Å². The summed E-state index contributed by atoms with van der Waals surface area (Å²) < 4.78 is 39.9. The van der Waals surface area contributed by atoms with Crippen LogP contribution in [0.3, 0.4) is 0 Å². The maximum absolute atomic E-state index is 12.7. The molecule has 7 heteroatoms. The molecule has 3 N–H and O–H groups in total. The average Bonchev–Trinajstić information content (AvgIpc) is 2.76. The molecule has 4 nitrogen and oxygen atoms in total. The molecule has 0 spiro atoms. The minimum Gasteiger partial charge on any atom is -0.273 e. The van der Waals surface area contributed by atoms with Gasteiger partial charge in [0.2, 0.25) is 0 Å². The lowest BCUT2D eigenvalue weighted by Gasteiger charge is -2.17. The zero-order valence-electron chi connectivity index (χ0n) is 11.8. The Labute approximate surface area is 120 Å². The van der Waals surface area contributed by atoms with Crippen LogP contribution in [0.15, 0.2) is 30.5 Å². The number of halogens is 3. The van der Waals surface area contributed by atoms with E-state index in [0.29, 0.717) is 12.0 Å². The molecule has 0 aliphatic heterocycles. The summed E-state index contributed by atoms with van der Waals surface area (Å²) in [7, 11) is 1.80. The van der Waals surface area contributed by atoms with Gasteiger partial charge in [-0.2, -0.15) is 18.3 Å². The lowest BCUT2D eigenvalue weighted by Crippen LogP contribution is -2.30. The Hall–Kier alpha value is -1.86. The summed E-state index contributed by atoms with van der Waals surface area (Å²) in [5.41, 5.74) is 4.35. The molecule has 1 aromatic carbocycles. The molecule has 1 atom stereocenters. The van der Waals surface area contributed by atoms with Crippen molar-refractivity contribution in [3.05, 3.63) is 52.8 Å². The van der Waals surface area contributed by atoms with Crippen molar-refractivity contribution < 1.29 is 13.2 Å². The van der Waals surface area contributed by atoms with Crippen molar-refractivity contribution in [2.45, 2.75) is 25.6 Å². The van der Waals surface area contributed by atoms with Gasteiger partial charge in [-0.25, -0.2) is 0 Å². The van der Waals surface area contributed by atoms with Crippen LogP contribution in [0.25, 0.3) is 0 Å². The maximum atomic E-state index is 12.7. The highest BCUT2D eigenvalue weighted by atomic mass is 19.4. The smallest absolute Gasteiger partial charge is 0.273 e. The summed E-state index contributed by atoms with van der Waals surface area (Å²) in [6, 6.07) is 4.98. The third-order valence-electron chi connectivity index (χ3n) is 3.54. The number of rotatable bonds is 4. The lowest BCUT2D eigenvalue weighted by molar-refractivity contribution is -0.137. The Morgan fingerprint density at radius 3 is 2.62 bits per heavy atom. The van der Waals surface area contributed by atoms with Crippen molar-refractivity contribution in [1.29, 1.82) is 0 Å². The maximum Gasteiger partial charge on any atom is 0.416 e. The summed E-state index contributed by atoms with van der Waals surface area (Å²) >= 11 is 0. The molecular formula is C14H17F3N4. The van der Waals surface area contributed by atoms with Gasteiger partial charge in [-0.3, -0.25) is 16.0 Å². The molecule has 0 bridgehead atoms. The second-order valence-electron chi connectivity index (χ2n) is 4.93. The quantitative estimate of drug-likeness (QED) is 0.673. The van der Waals surface area contributed by atoms with Gasteiger partial charge in [-0.05, 0) is 25.0 Å². The minimum absolute atomic E-state index is 0.290. The molecule has 0 radical (unpaired) electrons. The van der Waals surface area contributed by atoms with Crippen LogP contribution in [-0.2, 0) is 19.6 Å². The monoisotopic (exact) mass is 298 g/mol. The third kappa shape index (κ3) is 3.43. The van der Waals surface area contributed by atoms with Crippen LogP contribution >= 0.6 is 0 Å². The molecule has 0 aliphatic carbocycles. The van der Waals surface area contributed by atoms with E-state index in [1.54, 1.807) is 24.0 Å². The number of alkyl halides is 3. The van der Waals surface area contributed by atoms with Crippen molar-refractivity contribution >= 4 is 0 Å². The van der Waals surface area contributed by atoms with Gasteiger partial charge < -0.3 is 0 Å². The highest BCUT2D eigenvalue weighted by Gasteiger charge is 2.30. The van der Waals surface area contributed by atoms with Gasteiger partial charge in [-0.15, -0.1) is 0 Å². The van der Waals surface area contributed by atoms with Crippen molar-refractivity contribution in [3.8, 4) is 0 Å². The highest BCUT2D eigenvalue weighted by molar-refractivity contribution is 5.29. The molecule has 1 heterocycles. The van der Waals surface area contributed by atoms with E-state index in [1.165, 1.54) is 6.07 Å². The van der Waals surface area contributed by atoms with Gasteiger partial charge in [0.15, 0.2) is 0 Å². The summed E-state index contributed by atoms with van der Waals surface area (Å²) in [6.07, 6.45) is -2.31. The van der Waals surface area contributed by atoms with Crippen LogP contribution in [0, 0.1) is 6.92 Å². The fourth-order valence-corrected chi connectivity index (χ4v) is 2.23. The molecule has 21 heavy (non-hydrogen) atoms. The number of aryl methyl sites for hydroxylation is 1. The summed E-state index contributed by atoms with van der Waals surface area (Å²) in [4.78, 5) is 0. The SMILES string of the molecule is Cc1c(C(Cc2cccc(C(F)(F)F)c2)NN)cnn1C. The Morgan fingerprint density at radius 2 is 2.10 bits per heavy atom. The van der Waals surface area contributed by atoms with Crippen LogP contribution in [0.2, 0.25) is 0 Å². The number of nitrogens with two attached hydrogens (primary N) is 1. The largest absolute Gasteiger partial charge is 0.416 e. The Kier molecular flexibility index (Phi) is 4.34. The fraction of sp³-hybridized carbons (Fsp3) is 0.357. The number of aromatic nitrogens is 2. The number of nitrogens with one attached hydrogen (secondary N) is 1. The van der Waals surface area contributed by atoms with Gasteiger partial charge in [-0.1, -0.05) is 18.2 Å². The molecule has 2 rings (SSSR count). The lowest BCUT2D eigenvalue weighted by atomic mass is 9.98. The standard InChI is InChI=1S/C14H17F3N4/c1-9-12(8-19-21(9)2)13(20-18)7-10-4-3-5-11(6-10)14(15,16)17/h3-6,8,13,20H,7,18H2,1-2H3. The Morgan fingerprint density at radius 1 is 1.38 bits per heavy atom. The first-order chi connectivity index (χ1) is 9.82. The molecule has 0 saturated carbocycles. The molecule has 0 saturated heterocycles. The van der Waals surface area contributed by atoms with Crippen LogP contribution in [0.5, 0.6) is 0 Å². The van der Waals surface area contributed by atoms with E-state index >= 15 is 0 Å². The van der Waals surface area contributed by atoms with Gasteiger partial charge in [0, 0.05) is 18.3 Å². The number of nitrogens with zero attached hydrogens (tertiary/aromatic N) is 2. The molecule has 114 valence electrons. The Balaban J connectivity index is 2.25. The van der Waals surface area contributed by atoms with Gasteiger partial charge >= 0.3 is 6.18 Å². The van der Waals surface area contributed by atoms with E-state index in [2.05, 4.69) is 10.5 Å². The van der Waals surface area contributed by atoms with Gasteiger partial charge in [0.25, 0.3) is 0 Å². The highest BCUT2D eigenvalue weighted by Crippen LogP contribution is 2.30. The third-order valence-corrected chi connectivity index (χ3v) is 3.54. The Bertz CT molecular complexity index is 619. The average molecular weight is 298 g/mol. The van der Waals surface area contributed by atoms with E-state index < -0.39 is 11.7 Å². The molecule has 1 unspecified atom stereocenters. The van der Waals surface area contributed by atoms with Crippen molar-refractivity contribution in [2.24, 2.45) is 12.9 Å². The second-order valence-corrected chi connectivity index (χ2v) is 4.93. The van der Waals surface area contributed by atoms with Crippen molar-refractivity contribution in [2.75, 3.05) is 0 Å². The second kappa shape index (κ2) is 5.87. The topological polar surface area (TPSA) is 55.9 Å². The molecule has 1 aromatic heterocycles. The first-order valence-electron chi connectivity index (χ1n) is 6.43. The zero-order valence-corrected chi connectivity index (χ0v) is 11.8. The van der Waals surface area contributed by atoms with E-state index in [1.807, 2.05) is 6.92 Å². The van der Waals surface area contributed by atoms with Crippen LogP contribution < -0.4 is 11.3 Å². The van der Waals surface area contributed by atoms with E-state index in [0.717, 1.165) is 23.4 Å². The summed E-state index contributed by atoms with van der Waals surface area (Å²) in [5, 5.41) is 4.12. The number of hydrogen-bond donors (Lipinski definition) is 2. The predicted molar refractivity (Wildman–Crippen MR) is 73.2 cm³/mol. The van der Waals surface area contributed by atoms with Crippen molar-refractivity contribution in [1.82, 2.24) is 15.2 Å². The van der Waals surface area contributed by atoms with Crippen molar-refractivity contribution in [3.63, 3.8) is 0 Å². The molecule has 0 aliphatic rings. The van der Waals surface area contributed by atoms with Gasteiger partial charge in [0.1, 0.15) is 0 Å². The van der Waals surface area contributed by atoms with Gasteiger partial charge in [0.05, 0.1) is 17.8 Å². The normalized spacial score (nSPS) is 13.4. The van der Waals surface area contributed by atoms with E-state index in [9.17, 15) is 13.2 Å². The summed E-state index contributed by atoms with van der Waals surface area (Å²) in [5.74, 6) is 5.55. The van der Waals surface area contributed by atoms with E-state index in [-0.39, 0.29) is 6.04 Å². The number of hydrazine groups is 1. The first kappa shape index (κ1) is 15.5. The molecular weight excluding hydrogens is 281 g/mol. The first-order valence-corrected chi connectivity index (χ1v) is 6.43. The fourth-order valence-electron chi connectivity index (χ4n) is 2.23. The zero-order chi connectivity index (χ0) is 15.6.